The predicted molar refractivity (Wildman–Crippen MR) is 63.7 cm³/mol. The highest BCUT2D eigenvalue weighted by molar-refractivity contribution is 7.91. The van der Waals surface area contributed by atoms with E-state index in [0.29, 0.717) is 12.0 Å². The van der Waals surface area contributed by atoms with Gasteiger partial charge in [-0.05, 0) is 30.0 Å². The zero-order valence-corrected chi connectivity index (χ0v) is 10.1. The molecule has 0 saturated carbocycles. The Bertz CT molecular complexity index is 521. The maximum atomic E-state index is 11.4. The van der Waals surface area contributed by atoms with Crippen LogP contribution in [-0.4, -0.2) is 31.3 Å². The van der Waals surface area contributed by atoms with Gasteiger partial charge < -0.3 is 9.90 Å². The van der Waals surface area contributed by atoms with Crippen molar-refractivity contribution in [2.45, 2.75) is 12.3 Å². The van der Waals surface area contributed by atoms with Gasteiger partial charge in [-0.2, -0.15) is 0 Å². The van der Waals surface area contributed by atoms with E-state index in [1.807, 2.05) is 0 Å². The third-order valence-electron chi connectivity index (χ3n) is 3.18. The molecule has 2 atom stereocenters. The Balaban J connectivity index is 2.26. The van der Waals surface area contributed by atoms with Crippen LogP contribution in [0, 0.1) is 5.92 Å². The normalized spacial score (nSPS) is 24.4. The molecule has 17 heavy (non-hydrogen) atoms. The molecule has 1 aromatic carbocycles. The standard InChI is InChI=1S/C12H14O4S/c13-7-12(9-2-1-3-11(14)6-9)10-4-5-17(15,16)8-10/h1-3,6-7,10,12,14H,4-5,8H2. The van der Waals surface area contributed by atoms with Crippen molar-refractivity contribution < 1.29 is 18.3 Å². The van der Waals surface area contributed by atoms with E-state index in [4.69, 9.17) is 0 Å². The van der Waals surface area contributed by atoms with E-state index in [0.717, 1.165) is 6.29 Å². The lowest BCUT2D eigenvalue weighted by atomic mass is 9.87. The van der Waals surface area contributed by atoms with Gasteiger partial charge in [0.1, 0.15) is 12.0 Å². The number of benzene rings is 1. The molecule has 1 fully saturated rings. The molecule has 1 saturated heterocycles. The predicted octanol–water partition coefficient (Wildman–Crippen LogP) is 1.11. The number of rotatable bonds is 3. The topological polar surface area (TPSA) is 71.4 Å². The minimum absolute atomic E-state index is 0.0616. The highest BCUT2D eigenvalue weighted by Gasteiger charge is 2.34. The number of phenolic OH excluding ortho intramolecular Hbond substituents is 1. The number of aldehydes is 1. The van der Waals surface area contributed by atoms with Crippen LogP contribution in [0.5, 0.6) is 5.75 Å². The Kier molecular flexibility index (Phi) is 3.19. The summed E-state index contributed by atoms with van der Waals surface area (Å²) in [5.74, 6) is -0.304. The van der Waals surface area contributed by atoms with Gasteiger partial charge in [0.2, 0.25) is 0 Å². The molecule has 1 aliphatic rings. The first kappa shape index (κ1) is 12.1. The Morgan fingerprint density at radius 1 is 1.41 bits per heavy atom. The number of hydrogen-bond donors (Lipinski definition) is 1. The minimum Gasteiger partial charge on any atom is -0.508 e. The first-order valence-electron chi connectivity index (χ1n) is 5.46. The Morgan fingerprint density at radius 2 is 2.18 bits per heavy atom. The number of carbonyl (C=O) groups is 1. The number of aromatic hydroxyl groups is 1. The number of sulfone groups is 1. The number of hydrogen-bond acceptors (Lipinski definition) is 4. The van der Waals surface area contributed by atoms with Crippen molar-refractivity contribution in [3.8, 4) is 5.75 Å². The monoisotopic (exact) mass is 254 g/mol. The van der Waals surface area contributed by atoms with Crippen LogP contribution in [0.15, 0.2) is 24.3 Å². The fraction of sp³-hybridized carbons (Fsp3) is 0.417. The van der Waals surface area contributed by atoms with Crippen molar-refractivity contribution in [2.24, 2.45) is 5.92 Å². The van der Waals surface area contributed by atoms with Gasteiger partial charge in [-0.1, -0.05) is 12.1 Å². The van der Waals surface area contributed by atoms with Crippen LogP contribution < -0.4 is 0 Å². The fourth-order valence-corrected chi connectivity index (χ4v) is 4.16. The summed E-state index contributed by atoms with van der Waals surface area (Å²) in [7, 11) is -2.99. The van der Waals surface area contributed by atoms with E-state index in [-0.39, 0.29) is 23.2 Å². The number of phenols is 1. The lowest BCUT2D eigenvalue weighted by molar-refractivity contribution is -0.109. The van der Waals surface area contributed by atoms with Crippen molar-refractivity contribution in [3.05, 3.63) is 29.8 Å². The average Bonchev–Trinajstić information content (AvgIpc) is 2.60. The van der Waals surface area contributed by atoms with E-state index < -0.39 is 15.8 Å². The summed E-state index contributed by atoms with van der Waals surface area (Å²) in [6, 6.07) is 6.44. The number of carbonyl (C=O) groups excluding carboxylic acids is 1. The van der Waals surface area contributed by atoms with E-state index in [2.05, 4.69) is 0 Å². The molecule has 1 heterocycles. The quantitative estimate of drug-likeness (QED) is 0.820. The minimum atomic E-state index is -2.99. The highest BCUT2D eigenvalue weighted by atomic mass is 32.2. The maximum absolute atomic E-state index is 11.4. The van der Waals surface area contributed by atoms with Crippen LogP contribution in [0.3, 0.4) is 0 Å². The van der Waals surface area contributed by atoms with Gasteiger partial charge in [-0.25, -0.2) is 8.42 Å². The summed E-state index contributed by atoms with van der Waals surface area (Å²) in [6.07, 6.45) is 1.29. The van der Waals surface area contributed by atoms with Crippen LogP contribution in [0.1, 0.15) is 17.9 Å². The Hall–Kier alpha value is -1.36. The molecule has 5 heteroatoms. The molecule has 0 bridgehead atoms. The molecule has 0 aliphatic carbocycles. The second-order valence-electron chi connectivity index (χ2n) is 4.42. The Labute approximate surface area is 100 Å². The van der Waals surface area contributed by atoms with Gasteiger partial charge >= 0.3 is 0 Å². The smallest absolute Gasteiger partial charge is 0.150 e. The van der Waals surface area contributed by atoms with Gasteiger partial charge in [0.15, 0.2) is 9.84 Å². The molecule has 0 radical (unpaired) electrons. The van der Waals surface area contributed by atoms with Crippen LogP contribution in [0.4, 0.5) is 0 Å². The van der Waals surface area contributed by atoms with E-state index >= 15 is 0 Å². The molecule has 0 amide bonds. The summed E-state index contributed by atoms with van der Waals surface area (Å²) in [6.45, 7) is 0. The van der Waals surface area contributed by atoms with Crippen LogP contribution in [-0.2, 0) is 14.6 Å². The van der Waals surface area contributed by atoms with Gasteiger partial charge in [0, 0.05) is 5.92 Å². The summed E-state index contributed by atoms with van der Waals surface area (Å²) >= 11 is 0. The third-order valence-corrected chi connectivity index (χ3v) is 4.97. The zero-order valence-electron chi connectivity index (χ0n) is 9.24. The van der Waals surface area contributed by atoms with Crippen molar-refractivity contribution >= 4 is 16.1 Å². The average molecular weight is 254 g/mol. The molecular formula is C12H14O4S. The molecule has 1 aliphatic heterocycles. The van der Waals surface area contributed by atoms with Crippen molar-refractivity contribution in [1.29, 1.82) is 0 Å². The lowest BCUT2D eigenvalue weighted by Crippen LogP contribution is -2.15. The fourth-order valence-electron chi connectivity index (χ4n) is 2.30. The van der Waals surface area contributed by atoms with Gasteiger partial charge in [-0.15, -0.1) is 0 Å². The van der Waals surface area contributed by atoms with Crippen molar-refractivity contribution in [1.82, 2.24) is 0 Å². The second kappa shape index (κ2) is 4.49. The van der Waals surface area contributed by atoms with E-state index in [9.17, 15) is 18.3 Å². The van der Waals surface area contributed by atoms with Gasteiger partial charge in [0.25, 0.3) is 0 Å². The molecule has 0 spiro atoms. The molecule has 92 valence electrons. The maximum Gasteiger partial charge on any atom is 0.150 e. The zero-order chi connectivity index (χ0) is 12.5. The van der Waals surface area contributed by atoms with Crippen LogP contribution in [0.2, 0.25) is 0 Å². The Morgan fingerprint density at radius 3 is 2.71 bits per heavy atom. The van der Waals surface area contributed by atoms with Crippen LogP contribution >= 0.6 is 0 Å². The second-order valence-corrected chi connectivity index (χ2v) is 6.65. The first-order chi connectivity index (χ1) is 8.02. The molecule has 1 aromatic rings. The lowest BCUT2D eigenvalue weighted by Gasteiger charge is -2.16. The van der Waals surface area contributed by atoms with Crippen LogP contribution in [0.25, 0.3) is 0 Å². The molecular weight excluding hydrogens is 240 g/mol. The third kappa shape index (κ3) is 2.66. The summed E-state index contributed by atoms with van der Waals surface area (Å²) < 4.78 is 22.8. The van der Waals surface area contributed by atoms with Gasteiger partial charge in [-0.3, -0.25) is 0 Å². The SMILES string of the molecule is O=CC(c1cccc(O)c1)C1CCS(=O)(=O)C1. The molecule has 0 aromatic heterocycles. The molecule has 2 rings (SSSR count). The van der Waals surface area contributed by atoms with Crippen molar-refractivity contribution in [2.75, 3.05) is 11.5 Å². The largest absolute Gasteiger partial charge is 0.508 e. The van der Waals surface area contributed by atoms with Gasteiger partial charge in [0.05, 0.1) is 11.5 Å². The summed E-state index contributed by atoms with van der Waals surface area (Å²) in [5, 5.41) is 9.37. The van der Waals surface area contributed by atoms with E-state index in [1.54, 1.807) is 12.1 Å². The van der Waals surface area contributed by atoms with E-state index in [1.165, 1.54) is 12.1 Å². The molecule has 2 unspecified atom stereocenters. The van der Waals surface area contributed by atoms with Crippen molar-refractivity contribution in [3.63, 3.8) is 0 Å². The first-order valence-corrected chi connectivity index (χ1v) is 7.28. The molecule has 1 N–H and O–H groups in total. The highest BCUT2D eigenvalue weighted by Crippen LogP contribution is 2.32. The molecule has 4 nitrogen and oxygen atoms in total. The summed E-state index contributed by atoms with van der Waals surface area (Å²) in [4.78, 5) is 11.1. The summed E-state index contributed by atoms with van der Waals surface area (Å²) in [5.41, 5.74) is 0.683.